The Balaban J connectivity index is 0.00000507. The molecule has 1 aliphatic rings. The van der Waals surface area contributed by atoms with Crippen molar-refractivity contribution in [2.24, 2.45) is 0 Å². The van der Waals surface area contributed by atoms with E-state index in [1.54, 1.807) is 7.11 Å². The van der Waals surface area contributed by atoms with Crippen LogP contribution in [0.2, 0.25) is 10.0 Å². The van der Waals surface area contributed by atoms with Gasteiger partial charge >= 0.3 is 0 Å². The second-order valence-electron chi connectivity index (χ2n) is 10.3. The van der Waals surface area contributed by atoms with Gasteiger partial charge in [0.2, 0.25) is 0 Å². The summed E-state index contributed by atoms with van der Waals surface area (Å²) in [5.74, 6) is 1.79. The van der Waals surface area contributed by atoms with Crippen LogP contribution in [0.4, 0.5) is 0 Å². The molecule has 0 saturated heterocycles. The topological polar surface area (TPSA) is 21.5 Å². The van der Waals surface area contributed by atoms with Gasteiger partial charge in [-0.1, -0.05) is 94.8 Å². The third-order valence-corrected chi connectivity index (χ3v) is 7.99. The summed E-state index contributed by atoms with van der Waals surface area (Å²) >= 11 is 12.7. The van der Waals surface area contributed by atoms with Crippen molar-refractivity contribution in [1.29, 1.82) is 0 Å². The second-order valence-corrected chi connectivity index (χ2v) is 11.1. The van der Waals surface area contributed by atoms with Crippen molar-refractivity contribution in [2.75, 3.05) is 20.3 Å². The fourth-order valence-electron chi connectivity index (χ4n) is 5.27. The van der Waals surface area contributed by atoms with Crippen LogP contribution in [0.1, 0.15) is 108 Å². The molecule has 0 amide bonds. The average Bonchev–Trinajstić information content (AvgIpc) is 2.90. The van der Waals surface area contributed by atoms with E-state index in [4.69, 9.17) is 32.7 Å². The van der Waals surface area contributed by atoms with Crippen molar-refractivity contribution in [3.05, 3.63) is 57.1 Å². The maximum absolute atomic E-state index is 6.58. The Kier molecular flexibility index (Phi) is 16.1. The quantitative estimate of drug-likeness (QED) is 0.106. The number of rotatable bonds is 17. The van der Waals surface area contributed by atoms with E-state index in [-0.39, 0.29) is 24.0 Å². The molecule has 1 heterocycles. The molecule has 0 fully saturated rings. The number of ether oxygens (including phenoxy) is 2. The number of fused-ring (bicyclic) bond motifs is 1. The minimum Gasteiger partial charge on any atom is -1.00 e. The van der Waals surface area contributed by atoms with Crippen LogP contribution in [0.3, 0.4) is 0 Å². The molecular formula is C32H46Cl2INO2. The molecule has 2 aromatic rings. The number of hydrogen-bond donors (Lipinski definition) is 0. The van der Waals surface area contributed by atoms with Crippen LogP contribution in [-0.4, -0.2) is 30.5 Å². The maximum atomic E-state index is 6.58. The van der Waals surface area contributed by atoms with Crippen molar-refractivity contribution in [1.82, 2.24) is 0 Å². The van der Waals surface area contributed by atoms with E-state index in [0.29, 0.717) is 5.02 Å². The van der Waals surface area contributed by atoms with E-state index in [1.165, 1.54) is 81.0 Å². The van der Waals surface area contributed by atoms with Gasteiger partial charge < -0.3 is 33.5 Å². The molecule has 0 unspecified atom stereocenters. The lowest BCUT2D eigenvalue weighted by Gasteiger charge is -2.23. The number of methoxy groups -OCH3 is 1. The van der Waals surface area contributed by atoms with Crippen LogP contribution in [0.25, 0.3) is 0 Å². The molecule has 0 aromatic heterocycles. The first kappa shape index (κ1) is 33.2. The van der Waals surface area contributed by atoms with E-state index >= 15 is 0 Å². The van der Waals surface area contributed by atoms with E-state index in [0.717, 1.165) is 61.0 Å². The van der Waals surface area contributed by atoms with E-state index in [1.807, 2.05) is 12.1 Å². The van der Waals surface area contributed by atoms with Gasteiger partial charge in [-0.15, -0.1) is 0 Å². The lowest BCUT2D eigenvalue weighted by Crippen LogP contribution is -3.00. The minimum absolute atomic E-state index is 0. The van der Waals surface area contributed by atoms with Gasteiger partial charge in [0.1, 0.15) is 6.54 Å². The summed E-state index contributed by atoms with van der Waals surface area (Å²) in [4.78, 5) is 0. The fourth-order valence-corrected chi connectivity index (χ4v) is 5.74. The Morgan fingerprint density at radius 3 is 2.21 bits per heavy atom. The highest BCUT2D eigenvalue weighted by molar-refractivity contribution is 6.35. The average molecular weight is 675 g/mol. The summed E-state index contributed by atoms with van der Waals surface area (Å²) < 4.78 is 14.7. The highest BCUT2D eigenvalue weighted by Gasteiger charge is 2.30. The molecule has 0 radical (unpaired) electrons. The van der Waals surface area contributed by atoms with Crippen molar-refractivity contribution in [3.63, 3.8) is 0 Å². The third kappa shape index (κ3) is 9.89. The summed E-state index contributed by atoms with van der Waals surface area (Å²) in [7, 11) is 1.75. The number of halogens is 3. The van der Waals surface area contributed by atoms with Crippen LogP contribution in [0, 0.1) is 0 Å². The Morgan fingerprint density at radius 2 is 1.53 bits per heavy atom. The summed E-state index contributed by atoms with van der Waals surface area (Å²) in [6.07, 6.45) is 15.9. The summed E-state index contributed by atoms with van der Waals surface area (Å²) in [6, 6.07) is 10.2. The predicted molar refractivity (Wildman–Crippen MR) is 158 cm³/mol. The summed E-state index contributed by atoms with van der Waals surface area (Å²) in [6.45, 7) is 7.01. The fraction of sp³-hybridized carbons (Fsp3) is 0.594. The number of hydrogen-bond acceptors (Lipinski definition) is 2. The highest BCUT2D eigenvalue weighted by atomic mass is 127. The first-order chi connectivity index (χ1) is 18.1. The molecule has 212 valence electrons. The number of nitrogens with zero attached hydrogens (tertiary/aromatic N) is 1. The third-order valence-electron chi connectivity index (χ3n) is 7.41. The Morgan fingerprint density at radius 1 is 0.842 bits per heavy atom. The van der Waals surface area contributed by atoms with Crippen molar-refractivity contribution >= 4 is 28.9 Å². The molecule has 6 heteroatoms. The van der Waals surface area contributed by atoms with Gasteiger partial charge in [-0.2, -0.15) is 0 Å². The van der Waals surface area contributed by atoms with Gasteiger partial charge in [-0.05, 0) is 43.2 Å². The SMILES string of the molecule is CCCCCCCCOc1c(OC)ccc2c1CC[N+](Cc1ccc(Cl)cc1Cl)=C2CCCCCCC.[I-]. The maximum Gasteiger partial charge on any atom is 0.184 e. The monoisotopic (exact) mass is 673 g/mol. The van der Waals surface area contributed by atoms with Crippen LogP contribution < -0.4 is 33.5 Å². The van der Waals surface area contributed by atoms with Crippen LogP contribution in [0.15, 0.2) is 30.3 Å². The van der Waals surface area contributed by atoms with E-state index in [9.17, 15) is 0 Å². The van der Waals surface area contributed by atoms with Gasteiger partial charge in [0.05, 0.1) is 18.7 Å². The Hall–Kier alpha value is -0.980. The molecule has 0 saturated carbocycles. The molecule has 0 spiro atoms. The largest absolute Gasteiger partial charge is 1.00 e. The van der Waals surface area contributed by atoms with E-state index in [2.05, 4.69) is 36.6 Å². The predicted octanol–water partition coefficient (Wildman–Crippen LogP) is 6.66. The van der Waals surface area contributed by atoms with Gasteiger partial charge in [-0.3, -0.25) is 0 Å². The van der Waals surface area contributed by atoms with Crippen molar-refractivity contribution < 1.29 is 38.0 Å². The lowest BCUT2D eigenvalue weighted by molar-refractivity contribution is -0.545. The molecule has 0 atom stereocenters. The second kappa shape index (κ2) is 18.4. The molecule has 38 heavy (non-hydrogen) atoms. The van der Waals surface area contributed by atoms with Crippen LogP contribution in [0.5, 0.6) is 11.5 Å². The molecule has 3 nitrogen and oxygen atoms in total. The van der Waals surface area contributed by atoms with E-state index < -0.39 is 0 Å². The lowest BCUT2D eigenvalue weighted by atomic mass is 9.92. The normalized spacial score (nSPS) is 12.8. The minimum atomic E-state index is 0. The number of benzene rings is 2. The van der Waals surface area contributed by atoms with Gasteiger partial charge in [0, 0.05) is 34.6 Å². The van der Waals surface area contributed by atoms with Gasteiger partial charge in [0.15, 0.2) is 23.8 Å². The molecule has 0 bridgehead atoms. The first-order valence-electron chi connectivity index (χ1n) is 14.5. The number of unbranched alkanes of at least 4 members (excludes halogenated alkanes) is 9. The first-order valence-corrected chi connectivity index (χ1v) is 15.2. The zero-order valence-electron chi connectivity index (χ0n) is 23.6. The zero-order valence-corrected chi connectivity index (χ0v) is 27.3. The van der Waals surface area contributed by atoms with Gasteiger partial charge in [-0.25, -0.2) is 4.58 Å². The Bertz CT molecular complexity index is 1020. The Labute approximate surface area is 258 Å². The highest BCUT2D eigenvalue weighted by Crippen LogP contribution is 2.37. The van der Waals surface area contributed by atoms with Crippen LogP contribution in [-0.2, 0) is 13.0 Å². The molecule has 2 aromatic carbocycles. The summed E-state index contributed by atoms with van der Waals surface area (Å²) in [5, 5.41) is 1.41. The van der Waals surface area contributed by atoms with Crippen LogP contribution >= 0.6 is 23.2 Å². The summed E-state index contributed by atoms with van der Waals surface area (Å²) in [5.41, 5.74) is 5.12. The standard InChI is InChI=1S/C32H46Cl2NO2.HI/c1-4-6-8-10-12-14-22-37-32-28-20-21-35(24-25-16-17-26(33)23-29(25)34)30(15-13-11-9-7-5-2)27(28)18-19-31(32)36-3;/h16-19,23H,4-15,20-22,24H2,1-3H3;1H/q+1;/p-1. The van der Waals surface area contributed by atoms with Crippen molar-refractivity contribution in [2.45, 2.75) is 104 Å². The zero-order chi connectivity index (χ0) is 26.5. The molecule has 0 aliphatic carbocycles. The molecule has 1 aliphatic heterocycles. The molecular weight excluding hydrogens is 628 g/mol. The van der Waals surface area contributed by atoms with Gasteiger partial charge in [0.25, 0.3) is 0 Å². The molecule has 3 rings (SSSR count). The smallest absolute Gasteiger partial charge is 0.184 e. The van der Waals surface area contributed by atoms with Crippen molar-refractivity contribution in [3.8, 4) is 11.5 Å². The molecule has 0 N–H and O–H groups in total.